The molecule has 0 heterocycles. The third-order valence-corrected chi connectivity index (χ3v) is 3.64. The molecule has 0 aromatic heterocycles. The number of rotatable bonds is 8. The Kier molecular flexibility index (Phi) is 6.78. The first-order valence-corrected chi connectivity index (χ1v) is 8.02. The lowest BCUT2D eigenvalue weighted by Crippen LogP contribution is -2.30. The number of hydrogen-bond donors (Lipinski definition) is 1. The van der Waals surface area contributed by atoms with Crippen LogP contribution in [0.1, 0.15) is 11.1 Å². The molecule has 0 spiro atoms. The molecule has 2 aromatic carbocycles. The minimum Gasteiger partial charge on any atom is -0.435 e. The number of nitrogens with zero attached hydrogens (tertiary/aromatic N) is 2. The van der Waals surface area contributed by atoms with E-state index in [1.807, 2.05) is 0 Å². The van der Waals surface area contributed by atoms with Gasteiger partial charge in [0.1, 0.15) is 11.4 Å². The molecular formula is C18H19F2N3O4. The molecule has 9 heteroatoms. The van der Waals surface area contributed by atoms with Gasteiger partial charge in [-0.15, -0.1) is 0 Å². The van der Waals surface area contributed by atoms with E-state index in [9.17, 15) is 23.7 Å². The van der Waals surface area contributed by atoms with Crippen LogP contribution in [0.15, 0.2) is 42.5 Å². The maximum absolute atomic E-state index is 12.2. The zero-order valence-electron chi connectivity index (χ0n) is 14.8. The van der Waals surface area contributed by atoms with Crippen molar-refractivity contribution in [1.29, 1.82) is 0 Å². The maximum Gasteiger partial charge on any atom is 0.387 e. The Morgan fingerprint density at radius 3 is 2.52 bits per heavy atom. The molecule has 144 valence electrons. The Morgan fingerprint density at radius 2 is 1.93 bits per heavy atom. The van der Waals surface area contributed by atoms with Gasteiger partial charge in [-0.3, -0.25) is 19.8 Å². The molecular weight excluding hydrogens is 360 g/mol. The van der Waals surface area contributed by atoms with Crippen molar-refractivity contribution in [2.75, 3.05) is 18.9 Å². The summed E-state index contributed by atoms with van der Waals surface area (Å²) in [6.45, 7) is -0.768. The summed E-state index contributed by atoms with van der Waals surface area (Å²) in [7, 11) is 1.70. The maximum atomic E-state index is 12.2. The Balaban J connectivity index is 1.93. The highest BCUT2D eigenvalue weighted by Crippen LogP contribution is 2.25. The van der Waals surface area contributed by atoms with E-state index in [-0.39, 0.29) is 23.7 Å². The second kappa shape index (κ2) is 9.04. The van der Waals surface area contributed by atoms with Crippen LogP contribution in [0.4, 0.5) is 20.2 Å². The molecule has 2 aromatic rings. The minimum atomic E-state index is -2.88. The van der Waals surface area contributed by atoms with Gasteiger partial charge < -0.3 is 10.1 Å². The fourth-order valence-electron chi connectivity index (χ4n) is 2.48. The van der Waals surface area contributed by atoms with E-state index in [4.69, 9.17) is 0 Å². The van der Waals surface area contributed by atoms with E-state index in [1.165, 1.54) is 24.3 Å². The Hall–Kier alpha value is -3.07. The van der Waals surface area contributed by atoms with Crippen molar-refractivity contribution in [3.63, 3.8) is 0 Å². The fourth-order valence-corrected chi connectivity index (χ4v) is 2.48. The number of halogens is 2. The van der Waals surface area contributed by atoms with Gasteiger partial charge in [0, 0.05) is 12.6 Å². The molecule has 0 saturated heterocycles. The zero-order valence-corrected chi connectivity index (χ0v) is 14.8. The number of benzene rings is 2. The second-order valence-electron chi connectivity index (χ2n) is 6.02. The number of nitro groups is 1. The number of ether oxygens (including phenoxy) is 1. The Morgan fingerprint density at radius 1 is 1.26 bits per heavy atom. The van der Waals surface area contributed by atoms with Crippen LogP contribution in [-0.4, -0.2) is 35.9 Å². The highest BCUT2D eigenvalue weighted by atomic mass is 19.3. The molecule has 0 aliphatic carbocycles. The monoisotopic (exact) mass is 379 g/mol. The number of likely N-dealkylation sites (N-methyl/N-ethyl adjacent to an activating group) is 1. The van der Waals surface area contributed by atoms with Crippen LogP contribution in [0.3, 0.4) is 0 Å². The van der Waals surface area contributed by atoms with Crippen LogP contribution in [0.2, 0.25) is 0 Å². The van der Waals surface area contributed by atoms with E-state index >= 15 is 0 Å². The second-order valence-corrected chi connectivity index (χ2v) is 6.02. The summed E-state index contributed by atoms with van der Waals surface area (Å²) in [4.78, 5) is 24.4. The molecule has 0 aliphatic heterocycles. The summed E-state index contributed by atoms with van der Waals surface area (Å²) in [6.07, 6.45) is 0. The molecule has 0 radical (unpaired) electrons. The first kappa shape index (κ1) is 20.2. The molecule has 0 fully saturated rings. The van der Waals surface area contributed by atoms with Crippen molar-refractivity contribution in [2.24, 2.45) is 0 Å². The van der Waals surface area contributed by atoms with Gasteiger partial charge in [-0.05, 0) is 43.3 Å². The number of hydrogen-bond acceptors (Lipinski definition) is 5. The molecule has 7 nitrogen and oxygen atoms in total. The fraction of sp³-hybridized carbons (Fsp3) is 0.278. The van der Waals surface area contributed by atoms with Crippen molar-refractivity contribution in [3.8, 4) is 5.75 Å². The lowest BCUT2D eigenvalue weighted by atomic mass is 10.2. The number of alkyl halides is 2. The van der Waals surface area contributed by atoms with Gasteiger partial charge in [-0.25, -0.2) is 0 Å². The topological polar surface area (TPSA) is 84.7 Å². The SMILES string of the molecule is Cc1ccc(NC(=O)CN(C)Cc2ccc(OC(F)F)cc2)c([N+](=O)[O-])c1. The van der Waals surface area contributed by atoms with Gasteiger partial charge in [0.2, 0.25) is 5.91 Å². The summed E-state index contributed by atoms with van der Waals surface area (Å²) in [5.74, 6) is -0.345. The van der Waals surface area contributed by atoms with E-state index in [0.717, 1.165) is 11.1 Å². The largest absolute Gasteiger partial charge is 0.435 e. The standard InChI is InChI=1S/C18H19F2N3O4/c1-12-3-8-15(16(9-12)23(25)26)21-17(24)11-22(2)10-13-4-6-14(7-5-13)27-18(19)20/h3-9,18H,10-11H2,1-2H3,(H,21,24). The molecule has 0 saturated carbocycles. The first-order chi connectivity index (χ1) is 12.7. The van der Waals surface area contributed by atoms with Gasteiger partial charge in [0.25, 0.3) is 5.69 Å². The van der Waals surface area contributed by atoms with E-state index in [0.29, 0.717) is 6.54 Å². The van der Waals surface area contributed by atoms with E-state index in [2.05, 4.69) is 10.1 Å². The average molecular weight is 379 g/mol. The smallest absolute Gasteiger partial charge is 0.387 e. The number of aryl methyl sites for hydroxylation is 1. The van der Waals surface area contributed by atoms with Gasteiger partial charge >= 0.3 is 6.61 Å². The third-order valence-electron chi connectivity index (χ3n) is 3.64. The van der Waals surface area contributed by atoms with Crippen LogP contribution >= 0.6 is 0 Å². The predicted molar refractivity (Wildman–Crippen MR) is 95.9 cm³/mol. The number of carbonyl (C=O) groups is 1. The number of anilines is 1. The number of nitro benzene ring substituents is 1. The lowest BCUT2D eigenvalue weighted by molar-refractivity contribution is -0.384. The first-order valence-electron chi connectivity index (χ1n) is 8.02. The average Bonchev–Trinajstić information content (AvgIpc) is 2.57. The molecule has 0 bridgehead atoms. The normalized spacial score (nSPS) is 10.9. The summed E-state index contributed by atoms with van der Waals surface area (Å²) < 4.78 is 28.6. The van der Waals surface area contributed by atoms with Crippen LogP contribution in [0.25, 0.3) is 0 Å². The molecule has 1 amide bonds. The number of nitrogens with one attached hydrogen (secondary N) is 1. The highest BCUT2D eigenvalue weighted by molar-refractivity contribution is 5.94. The summed E-state index contributed by atoms with van der Waals surface area (Å²) in [5, 5.41) is 13.6. The van der Waals surface area contributed by atoms with Crippen molar-refractivity contribution in [3.05, 3.63) is 63.7 Å². The summed E-state index contributed by atoms with van der Waals surface area (Å²) >= 11 is 0. The van der Waals surface area contributed by atoms with Crippen LogP contribution in [-0.2, 0) is 11.3 Å². The van der Waals surface area contributed by atoms with Crippen molar-refractivity contribution < 1.29 is 23.2 Å². The molecule has 0 atom stereocenters. The minimum absolute atomic E-state index is 0.000314. The molecule has 2 rings (SSSR count). The summed E-state index contributed by atoms with van der Waals surface area (Å²) in [6, 6.07) is 10.6. The van der Waals surface area contributed by atoms with Gasteiger partial charge in [0.05, 0.1) is 11.5 Å². The van der Waals surface area contributed by atoms with Gasteiger partial charge in [0.15, 0.2) is 0 Å². The van der Waals surface area contributed by atoms with E-state index < -0.39 is 17.4 Å². The third kappa shape index (κ3) is 6.30. The van der Waals surface area contributed by atoms with E-state index in [1.54, 1.807) is 37.1 Å². The predicted octanol–water partition coefficient (Wildman–Crippen LogP) is 3.58. The Bertz CT molecular complexity index is 813. The molecule has 0 unspecified atom stereocenters. The van der Waals surface area contributed by atoms with Crippen molar-refractivity contribution >= 4 is 17.3 Å². The quantitative estimate of drug-likeness (QED) is 0.560. The van der Waals surface area contributed by atoms with Crippen LogP contribution in [0.5, 0.6) is 5.75 Å². The van der Waals surface area contributed by atoms with Gasteiger partial charge in [-0.1, -0.05) is 18.2 Å². The van der Waals surface area contributed by atoms with Crippen LogP contribution < -0.4 is 10.1 Å². The molecule has 0 aliphatic rings. The number of carbonyl (C=O) groups excluding carboxylic acids is 1. The Labute approximate surface area is 154 Å². The molecule has 27 heavy (non-hydrogen) atoms. The summed E-state index contributed by atoms with van der Waals surface area (Å²) in [5.41, 5.74) is 1.49. The molecule has 1 N–H and O–H groups in total. The lowest BCUT2D eigenvalue weighted by Gasteiger charge is -2.17. The zero-order chi connectivity index (χ0) is 20.0. The van der Waals surface area contributed by atoms with Crippen molar-refractivity contribution in [1.82, 2.24) is 4.90 Å². The highest BCUT2D eigenvalue weighted by Gasteiger charge is 2.17. The van der Waals surface area contributed by atoms with Crippen LogP contribution in [0, 0.1) is 17.0 Å². The van der Waals surface area contributed by atoms with Gasteiger partial charge in [-0.2, -0.15) is 8.78 Å². The van der Waals surface area contributed by atoms with Crippen molar-refractivity contribution in [2.45, 2.75) is 20.1 Å². The number of amides is 1.